The first kappa shape index (κ1) is 18.0. The molecule has 3 rings (SSSR count). The maximum atomic E-state index is 12.9. The number of nitrogens with zero attached hydrogens (tertiary/aromatic N) is 2. The van der Waals surface area contributed by atoms with Crippen LogP contribution in [0.3, 0.4) is 0 Å². The standard InChI is InChI=1S/C18H16FN3O3S/c1-25-16-6-2-13(3-7-16)18-10-15(20-12-21-18)11-22-26(23,24)17-8-4-14(19)5-9-17/h2-10,12,22H,11H2,1H3. The van der Waals surface area contributed by atoms with E-state index in [1.807, 2.05) is 24.3 Å². The predicted octanol–water partition coefficient (Wildman–Crippen LogP) is 2.77. The fourth-order valence-corrected chi connectivity index (χ4v) is 3.28. The van der Waals surface area contributed by atoms with Gasteiger partial charge in [0.25, 0.3) is 0 Å². The summed E-state index contributed by atoms with van der Waals surface area (Å²) in [5.41, 5.74) is 2.03. The molecule has 1 heterocycles. The quantitative estimate of drug-likeness (QED) is 0.719. The van der Waals surface area contributed by atoms with Crippen LogP contribution in [0.4, 0.5) is 4.39 Å². The highest BCUT2D eigenvalue weighted by Gasteiger charge is 2.14. The van der Waals surface area contributed by atoms with Crippen LogP contribution < -0.4 is 9.46 Å². The van der Waals surface area contributed by atoms with Crippen molar-refractivity contribution in [2.45, 2.75) is 11.4 Å². The Bertz CT molecular complexity index is 991. The van der Waals surface area contributed by atoms with Crippen LogP contribution >= 0.6 is 0 Å². The van der Waals surface area contributed by atoms with E-state index >= 15 is 0 Å². The molecule has 0 aliphatic rings. The van der Waals surface area contributed by atoms with Crippen molar-refractivity contribution < 1.29 is 17.5 Å². The lowest BCUT2D eigenvalue weighted by atomic mass is 10.1. The molecule has 1 N–H and O–H groups in total. The third kappa shape index (κ3) is 4.22. The van der Waals surface area contributed by atoms with E-state index in [2.05, 4.69) is 14.7 Å². The van der Waals surface area contributed by atoms with Crippen LogP contribution in [0, 0.1) is 5.82 Å². The third-order valence-corrected chi connectivity index (χ3v) is 5.09. The zero-order valence-corrected chi connectivity index (χ0v) is 14.7. The number of rotatable bonds is 6. The molecule has 134 valence electrons. The van der Waals surface area contributed by atoms with Gasteiger partial charge in [-0.05, 0) is 54.6 Å². The molecule has 0 aliphatic carbocycles. The predicted molar refractivity (Wildman–Crippen MR) is 94.4 cm³/mol. The summed E-state index contributed by atoms with van der Waals surface area (Å²) in [5.74, 6) is 0.235. The normalized spacial score (nSPS) is 11.3. The van der Waals surface area contributed by atoms with E-state index in [-0.39, 0.29) is 11.4 Å². The third-order valence-electron chi connectivity index (χ3n) is 3.68. The van der Waals surface area contributed by atoms with Gasteiger partial charge in [0.15, 0.2) is 0 Å². The van der Waals surface area contributed by atoms with E-state index in [0.717, 1.165) is 23.4 Å². The van der Waals surface area contributed by atoms with Crippen molar-refractivity contribution in [2.24, 2.45) is 0 Å². The van der Waals surface area contributed by atoms with Crippen molar-refractivity contribution in [2.75, 3.05) is 7.11 Å². The van der Waals surface area contributed by atoms with Gasteiger partial charge >= 0.3 is 0 Å². The molecule has 0 bridgehead atoms. The summed E-state index contributed by atoms with van der Waals surface area (Å²) < 4.78 is 45.0. The summed E-state index contributed by atoms with van der Waals surface area (Å²) in [7, 11) is -2.17. The summed E-state index contributed by atoms with van der Waals surface area (Å²) in [6, 6.07) is 13.7. The summed E-state index contributed by atoms with van der Waals surface area (Å²) >= 11 is 0. The molecule has 6 nitrogen and oxygen atoms in total. The van der Waals surface area contributed by atoms with Gasteiger partial charge in [0.1, 0.15) is 17.9 Å². The number of benzene rings is 2. The number of hydrogen-bond acceptors (Lipinski definition) is 5. The van der Waals surface area contributed by atoms with Gasteiger partial charge < -0.3 is 4.74 Å². The van der Waals surface area contributed by atoms with E-state index in [4.69, 9.17) is 4.74 Å². The van der Waals surface area contributed by atoms with Crippen LogP contribution in [-0.2, 0) is 16.6 Å². The minimum absolute atomic E-state index is 0.00855. The highest BCUT2D eigenvalue weighted by molar-refractivity contribution is 7.89. The highest BCUT2D eigenvalue weighted by Crippen LogP contribution is 2.20. The van der Waals surface area contributed by atoms with Crippen molar-refractivity contribution >= 4 is 10.0 Å². The second-order valence-electron chi connectivity index (χ2n) is 5.40. The van der Waals surface area contributed by atoms with Crippen LogP contribution in [-0.4, -0.2) is 25.5 Å². The summed E-state index contributed by atoms with van der Waals surface area (Å²) in [6.45, 7) is -0.00855. The van der Waals surface area contributed by atoms with Gasteiger partial charge in [0.05, 0.1) is 29.9 Å². The monoisotopic (exact) mass is 373 g/mol. The number of methoxy groups -OCH3 is 1. The highest BCUT2D eigenvalue weighted by atomic mass is 32.2. The number of halogens is 1. The Hall–Kier alpha value is -2.84. The molecule has 0 atom stereocenters. The molecular weight excluding hydrogens is 357 g/mol. The zero-order chi connectivity index (χ0) is 18.6. The molecule has 26 heavy (non-hydrogen) atoms. The average molecular weight is 373 g/mol. The van der Waals surface area contributed by atoms with Gasteiger partial charge in [-0.1, -0.05) is 0 Å². The summed E-state index contributed by atoms with van der Waals surface area (Å²) in [6.07, 6.45) is 1.38. The molecule has 0 amide bonds. The Kier molecular flexibility index (Phi) is 5.24. The first-order valence-corrected chi connectivity index (χ1v) is 9.17. The number of aromatic nitrogens is 2. The van der Waals surface area contributed by atoms with Crippen molar-refractivity contribution in [1.29, 1.82) is 0 Å². The van der Waals surface area contributed by atoms with Crippen LogP contribution in [0.15, 0.2) is 65.8 Å². The molecular formula is C18H16FN3O3S. The minimum atomic E-state index is -3.76. The molecule has 0 saturated heterocycles. The molecule has 0 fully saturated rings. The smallest absolute Gasteiger partial charge is 0.240 e. The second kappa shape index (κ2) is 7.59. The van der Waals surface area contributed by atoms with Crippen molar-refractivity contribution in [3.63, 3.8) is 0 Å². The molecule has 0 radical (unpaired) electrons. The summed E-state index contributed by atoms with van der Waals surface area (Å²) in [4.78, 5) is 8.28. The van der Waals surface area contributed by atoms with E-state index < -0.39 is 15.8 Å². The van der Waals surface area contributed by atoms with Crippen molar-refractivity contribution in [3.05, 3.63) is 72.4 Å². The summed E-state index contributed by atoms with van der Waals surface area (Å²) in [5, 5.41) is 0. The average Bonchev–Trinajstić information content (AvgIpc) is 2.67. The fraction of sp³-hybridized carbons (Fsp3) is 0.111. The van der Waals surface area contributed by atoms with Gasteiger partial charge in [-0.15, -0.1) is 0 Å². The first-order valence-electron chi connectivity index (χ1n) is 7.68. The number of sulfonamides is 1. The number of ether oxygens (including phenoxy) is 1. The van der Waals surface area contributed by atoms with Gasteiger partial charge in [0.2, 0.25) is 10.0 Å². The Labute approximate surface area is 150 Å². The fourth-order valence-electron chi connectivity index (χ4n) is 2.28. The maximum absolute atomic E-state index is 12.9. The van der Waals surface area contributed by atoms with Gasteiger partial charge in [-0.2, -0.15) is 0 Å². The number of nitrogens with one attached hydrogen (secondary N) is 1. The van der Waals surface area contributed by atoms with Crippen molar-refractivity contribution in [3.8, 4) is 17.0 Å². The maximum Gasteiger partial charge on any atom is 0.240 e. The topological polar surface area (TPSA) is 81.2 Å². The Balaban J connectivity index is 1.75. The van der Waals surface area contributed by atoms with Crippen LogP contribution in [0.25, 0.3) is 11.3 Å². The molecule has 0 saturated carbocycles. The Morgan fingerprint density at radius 1 is 1.04 bits per heavy atom. The van der Waals surface area contributed by atoms with Crippen LogP contribution in [0.2, 0.25) is 0 Å². The van der Waals surface area contributed by atoms with E-state index in [0.29, 0.717) is 11.4 Å². The van der Waals surface area contributed by atoms with Gasteiger partial charge in [-0.25, -0.2) is 27.5 Å². The largest absolute Gasteiger partial charge is 0.497 e. The van der Waals surface area contributed by atoms with Gasteiger partial charge in [-0.3, -0.25) is 0 Å². The molecule has 0 aliphatic heterocycles. The Morgan fingerprint density at radius 2 is 1.73 bits per heavy atom. The molecule has 8 heteroatoms. The first-order chi connectivity index (χ1) is 12.5. The van der Waals surface area contributed by atoms with E-state index in [9.17, 15) is 12.8 Å². The zero-order valence-electron chi connectivity index (χ0n) is 13.9. The minimum Gasteiger partial charge on any atom is -0.497 e. The molecule has 0 unspecified atom stereocenters. The van der Waals surface area contributed by atoms with Crippen LogP contribution in [0.1, 0.15) is 5.69 Å². The van der Waals surface area contributed by atoms with Crippen molar-refractivity contribution in [1.82, 2.24) is 14.7 Å². The van der Waals surface area contributed by atoms with Crippen LogP contribution in [0.5, 0.6) is 5.75 Å². The lowest BCUT2D eigenvalue weighted by molar-refractivity contribution is 0.415. The Morgan fingerprint density at radius 3 is 2.38 bits per heavy atom. The molecule has 2 aromatic carbocycles. The second-order valence-corrected chi connectivity index (χ2v) is 7.17. The van der Waals surface area contributed by atoms with Gasteiger partial charge in [0, 0.05) is 5.56 Å². The van der Waals surface area contributed by atoms with E-state index in [1.165, 1.54) is 18.5 Å². The SMILES string of the molecule is COc1ccc(-c2cc(CNS(=O)(=O)c3ccc(F)cc3)ncn2)cc1. The lowest BCUT2D eigenvalue weighted by Crippen LogP contribution is -2.23. The molecule has 3 aromatic rings. The lowest BCUT2D eigenvalue weighted by Gasteiger charge is -2.08. The number of hydrogen-bond donors (Lipinski definition) is 1. The van der Waals surface area contributed by atoms with E-state index in [1.54, 1.807) is 13.2 Å². The molecule has 0 spiro atoms. The molecule has 1 aromatic heterocycles.